The fraction of sp³-hybridized carbons (Fsp3) is 0.200. The molecule has 0 radical (unpaired) electrons. The highest BCUT2D eigenvalue weighted by atomic mass is 79.9. The summed E-state index contributed by atoms with van der Waals surface area (Å²) in [5.74, 6) is -1.10. The third-order valence-electron chi connectivity index (χ3n) is 7.26. The molecule has 9 nitrogen and oxygen atoms in total. The van der Waals surface area contributed by atoms with Crippen molar-refractivity contribution < 1.29 is 23.9 Å². The van der Waals surface area contributed by atoms with Gasteiger partial charge >= 0.3 is 4.87 Å². The molecule has 3 atom stereocenters. The first kappa shape index (κ1) is 28.3. The number of amides is 3. The van der Waals surface area contributed by atoms with Gasteiger partial charge in [0, 0.05) is 21.0 Å². The van der Waals surface area contributed by atoms with E-state index in [0.29, 0.717) is 32.8 Å². The van der Waals surface area contributed by atoms with Crippen molar-refractivity contribution in [3.8, 4) is 11.5 Å². The van der Waals surface area contributed by atoms with Crippen molar-refractivity contribution in [2.75, 3.05) is 24.4 Å². The van der Waals surface area contributed by atoms with Crippen LogP contribution in [0.15, 0.2) is 87.1 Å². The van der Waals surface area contributed by atoms with Crippen LogP contribution >= 0.6 is 39.0 Å². The molecule has 2 aliphatic rings. The number of aromatic nitrogens is 1. The van der Waals surface area contributed by atoms with Crippen molar-refractivity contribution in [1.82, 2.24) is 4.57 Å². The Balaban J connectivity index is 1.38. The Kier molecular flexibility index (Phi) is 7.69. The van der Waals surface area contributed by atoms with E-state index in [-0.39, 0.29) is 23.2 Å². The van der Waals surface area contributed by atoms with Crippen molar-refractivity contribution in [2.45, 2.75) is 22.7 Å². The third-order valence-corrected chi connectivity index (χ3v) is 10.4. The number of imide groups is 1. The molecule has 1 N–H and O–H groups in total. The molecule has 1 fully saturated rings. The second kappa shape index (κ2) is 11.4. The summed E-state index contributed by atoms with van der Waals surface area (Å²) < 4.78 is 12.6. The maximum atomic E-state index is 14.0. The number of hydrogen-bond acceptors (Lipinski definition) is 8. The number of methoxy groups -OCH3 is 2. The lowest BCUT2D eigenvalue weighted by molar-refractivity contribution is -0.122. The van der Waals surface area contributed by atoms with E-state index in [4.69, 9.17) is 9.47 Å². The maximum Gasteiger partial charge on any atom is 0.308 e. The molecule has 2 aliphatic heterocycles. The molecule has 3 aromatic carbocycles. The van der Waals surface area contributed by atoms with Crippen LogP contribution in [-0.2, 0) is 20.9 Å². The van der Waals surface area contributed by atoms with Gasteiger partial charge in [-0.3, -0.25) is 23.7 Å². The quantitative estimate of drug-likeness (QED) is 0.273. The van der Waals surface area contributed by atoms with Gasteiger partial charge in [-0.15, -0.1) is 0 Å². The molecule has 0 aliphatic carbocycles. The van der Waals surface area contributed by atoms with E-state index in [2.05, 4.69) is 21.2 Å². The van der Waals surface area contributed by atoms with Gasteiger partial charge in [-0.1, -0.05) is 51.2 Å². The predicted octanol–water partition coefficient (Wildman–Crippen LogP) is 5.12. The number of fused-ring (bicyclic) bond motifs is 2. The highest BCUT2D eigenvalue weighted by Gasteiger charge is 2.56. The van der Waals surface area contributed by atoms with Crippen LogP contribution in [0.25, 0.3) is 0 Å². The minimum atomic E-state index is -0.777. The van der Waals surface area contributed by atoms with Gasteiger partial charge in [-0.2, -0.15) is 0 Å². The number of ether oxygens (including phenoxy) is 2. The zero-order valence-electron chi connectivity index (χ0n) is 22.4. The fourth-order valence-corrected chi connectivity index (χ4v) is 8.51. The van der Waals surface area contributed by atoms with Crippen LogP contribution in [0.2, 0.25) is 0 Å². The average molecular weight is 667 g/mol. The first-order chi connectivity index (χ1) is 20.3. The fourth-order valence-electron chi connectivity index (χ4n) is 5.32. The summed E-state index contributed by atoms with van der Waals surface area (Å²) in [6, 6.07) is 21.2. The monoisotopic (exact) mass is 665 g/mol. The predicted molar refractivity (Wildman–Crippen MR) is 165 cm³/mol. The van der Waals surface area contributed by atoms with Crippen molar-refractivity contribution in [2.24, 2.45) is 5.92 Å². The van der Waals surface area contributed by atoms with E-state index in [1.54, 1.807) is 62.8 Å². The number of nitrogens with one attached hydrogen (secondary N) is 1. The third kappa shape index (κ3) is 5.03. The minimum Gasteiger partial charge on any atom is -0.497 e. The lowest BCUT2D eigenvalue weighted by Gasteiger charge is -2.30. The molecule has 6 rings (SSSR count). The van der Waals surface area contributed by atoms with Gasteiger partial charge in [-0.25, -0.2) is 4.90 Å². The van der Waals surface area contributed by atoms with E-state index in [9.17, 15) is 19.2 Å². The zero-order chi connectivity index (χ0) is 29.5. The molecule has 214 valence electrons. The molecular weight excluding hydrogens is 642 g/mol. The van der Waals surface area contributed by atoms with Crippen LogP contribution in [-0.4, -0.2) is 41.8 Å². The van der Waals surface area contributed by atoms with Crippen LogP contribution in [0, 0.1) is 5.92 Å². The number of nitrogens with zero attached hydrogens (tertiary/aromatic N) is 2. The van der Waals surface area contributed by atoms with Crippen molar-refractivity contribution in [3.05, 3.63) is 97.4 Å². The molecule has 3 amide bonds. The summed E-state index contributed by atoms with van der Waals surface area (Å²) in [6.45, 7) is -0.239. The smallest absolute Gasteiger partial charge is 0.308 e. The van der Waals surface area contributed by atoms with Crippen molar-refractivity contribution >= 4 is 68.1 Å². The van der Waals surface area contributed by atoms with Crippen molar-refractivity contribution in [1.29, 1.82) is 0 Å². The van der Waals surface area contributed by atoms with Gasteiger partial charge in [0.2, 0.25) is 17.7 Å². The van der Waals surface area contributed by atoms with Gasteiger partial charge in [0.25, 0.3) is 0 Å². The van der Waals surface area contributed by atoms with Gasteiger partial charge < -0.3 is 14.8 Å². The summed E-state index contributed by atoms with van der Waals surface area (Å²) in [6.07, 6.45) is 0. The van der Waals surface area contributed by atoms with E-state index in [1.165, 1.54) is 21.2 Å². The SMILES string of the molecule is COc1ccc(NC(=O)Cn2c3c(sc2=O)C(c2cccc(Br)c2)C2C(=O)N(c4ccc(OC)cc4)C(=O)C2S3)cc1. The highest BCUT2D eigenvalue weighted by molar-refractivity contribution is 9.10. The lowest BCUT2D eigenvalue weighted by Crippen LogP contribution is -2.33. The molecule has 3 heterocycles. The van der Waals surface area contributed by atoms with Crippen LogP contribution in [0.1, 0.15) is 16.4 Å². The Bertz CT molecular complexity index is 1750. The number of thiazole rings is 1. The number of hydrogen-bond donors (Lipinski definition) is 1. The summed E-state index contributed by atoms with van der Waals surface area (Å²) in [7, 11) is 3.10. The van der Waals surface area contributed by atoms with E-state index >= 15 is 0 Å². The standard InChI is InChI=1S/C30H24BrN3O6S2/c1-39-20-10-6-18(7-11-20)32-22(35)15-33-29-26(42-30(33)38)23(16-4-3-5-17(31)14-16)24-25(41-29)28(37)34(27(24)36)19-8-12-21(40-2)13-9-19/h3-14,23-25H,15H2,1-2H3,(H,32,35). The summed E-state index contributed by atoms with van der Waals surface area (Å²) in [4.78, 5) is 55.8. The molecule has 1 saturated heterocycles. The Hall–Kier alpha value is -3.87. The topological polar surface area (TPSA) is 107 Å². The molecule has 4 aromatic rings. The molecular formula is C30H24BrN3O6S2. The molecule has 0 spiro atoms. The zero-order valence-corrected chi connectivity index (χ0v) is 25.6. The molecule has 42 heavy (non-hydrogen) atoms. The summed E-state index contributed by atoms with van der Waals surface area (Å²) in [5.41, 5.74) is 1.81. The highest BCUT2D eigenvalue weighted by Crippen LogP contribution is 2.54. The number of carbonyl (C=O) groups excluding carboxylic acids is 3. The van der Waals surface area contributed by atoms with Gasteiger partial charge in [0.15, 0.2) is 0 Å². The molecule has 0 saturated carbocycles. The number of rotatable bonds is 7. The van der Waals surface area contributed by atoms with Gasteiger partial charge in [0.1, 0.15) is 23.3 Å². The number of anilines is 2. The second-order valence-electron chi connectivity index (χ2n) is 9.71. The number of halogens is 1. The van der Waals surface area contributed by atoms with Crippen LogP contribution < -0.4 is 24.6 Å². The molecule has 3 unspecified atom stereocenters. The van der Waals surface area contributed by atoms with Crippen molar-refractivity contribution in [3.63, 3.8) is 0 Å². The van der Waals surface area contributed by atoms with Crippen LogP contribution in [0.3, 0.4) is 0 Å². The molecule has 0 bridgehead atoms. The van der Waals surface area contributed by atoms with E-state index < -0.39 is 23.0 Å². The Morgan fingerprint density at radius 1 is 0.929 bits per heavy atom. The Morgan fingerprint density at radius 3 is 2.24 bits per heavy atom. The number of carbonyl (C=O) groups is 3. The largest absolute Gasteiger partial charge is 0.497 e. The molecule has 1 aromatic heterocycles. The van der Waals surface area contributed by atoms with E-state index in [1.807, 2.05) is 24.3 Å². The second-order valence-corrected chi connectivity index (χ2v) is 12.7. The number of thioether (sulfide) groups is 1. The average Bonchev–Trinajstić information content (AvgIpc) is 3.43. The lowest BCUT2D eigenvalue weighted by atomic mass is 9.83. The van der Waals surface area contributed by atoms with Gasteiger partial charge in [0.05, 0.1) is 30.9 Å². The maximum absolute atomic E-state index is 14.0. The Morgan fingerprint density at radius 2 is 1.60 bits per heavy atom. The first-order valence-electron chi connectivity index (χ1n) is 12.9. The minimum absolute atomic E-state index is 0.239. The summed E-state index contributed by atoms with van der Waals surface area (Å²) in [5, 5.41) is 2.56. The number of benzene rings is 3. The normalized spacial score (nSPS) is 19.3. The van der Waals surface area contributed by atoms with Crippen LogP contribution in [0.4, 0.5) is 11.4 Å². The summed E-state index contributed by atoms with van der Waals surface area (Å²) >= 11 is 5.71. The Labute approximate surface area is 257 Å². The first-order valence-corrected chi connectivity index (χ1v) is 15.4. The van der Waals surface area contributed by atoms with Gasteiger partial charge in [-0.05, 0) is 66.2 Å². The molecule has 12 heteroatoms. The van der Waals surface area contributed by atoms with E-state index in [0.717, 1.165) is 21.4 Å². The van der Waals surface area contributed by atoms with Crippen LogP contribution in [0.5, 0.6) is 11.5 Å².